The van der Waals surface area contributed by atoms with Crippen LogP contribution in [0.1, 0.15) is 47.1 Å². The number of carbonyl (C=O) groups is 3. The summed E-state index contributed by atoms with van der Waals surface area (Å²) in [5, 5.41) is 0.679. The highest BCUT2D eigenvalue weighted by Gasteiger charge is 2.42. The molecule has 1 saturated heterocycles. The van der Waals surface area contributed by atoms with Gasteiger partial charge in [0.25, 0.3) is 11.8 Å². The number of piperidine rings is 1. The number of amides is 2. The summed E-state index contributed by atoms with van der Waals surface area (Å²) in [7, 11) is 0. The summed E-state index contributed by atoms with van der Waals surface area (Å²) in [5.74, 6) is -4.66. The first kappa shape index (κ1) is 27.6. The predicted molar refractivity (Wildman–Crippen MR) is 149 cm³/mol. The molecule has 2 aliphatic heterocycles. The summed E-state index contributed by atoms with van der Waals surface area (Å²) in [5.41, 5.74) is 1.47. The van der Waals surface area contributed by atoms with E-state index >= 15 is 8.78 Å². The number of thiazole rings is 1. The van der Waals surface area contributed by atoms with Gasteiger partial charge in [-0.15, -0.1) is 11.3 Å². The lowest BCUT2D eigenvalue weighted by atomic mass is 9.96. The van der Waals surface area contributed by atoms with Crippen LogP contribution >= 0.6 is 11.3 Å². The molecule has 1 fully saturated rings. The molecule has 2 amide bonds. The Kier molecular flexibility index (Phi) is 7.80. The Bertz CT molecular complexity index is 1460. The first-order chi connectivity index (χ1) is 19.1. The summed E-state index contributed by atoms with van der Waals surface area (Å²) >= 11 is 1.23. The van der Waals surface area contributed by atoms with Crippen molar-refractivity contribution in [2.75, 3.05) is 24.5 Å². The summed E-state index contributed by atoms with van der Waals surface area (Å²) < 4.78 is 36.5. The van der Waals surface area contributed by atoms with Gasteiger partial charge in [-0.2, -0.15) is 0 Å². The van der Waals surface area contributed by atoms with E-state index in [4.69, 9.17) is 4.74 Å². The average Bonchev–Trinajstić information content (AvgIpc) is 3.29. The van der Waals surface area contributed by atoms with Crippen LogP contribution in [0.3, 0.4) is 0 Å². The normalized spacial score (nSPS) is 18.2. The molecule has 0 spiro atoms. The zero-order valence-electron chi connectivity index (χ0n) is 22.2. The standard InChI is InChI=1S/C30H29F2N3O4S/c1-19-27(40-28(33-19)21-8-4-3-5-9-21)29(38)35-17-14-30(31,32)24(23-10-6-7-11-25(23)35)18-26(37)34-15-12-22(13-16-34)39-20(2)36/h3-11,18,22H,12-17H2,1-2H3. The fraction of sp³-hybridized carbons (Fsp3) is 0.333. The van der Waals surface area contributed by atoms with E-state index in [2.05, 4.69) is 4.98 Å². The Morgan fingerprint density at radius 3 is 2.40 bits per heavy atom. The van der Waals surface area contributed by atoms with E-state index in [0.29, 0.717) is 47.2 Å². The number of carbonyl (C=O) groups excluding carboxylic acids is 3. The number of hydrogen-bond acceptors (Lipinski definition) is 6. The molecule has 3 aromatic rings. The molecule has 208 valence electrons. The molecule has 1 aromatic heterocycles. The molecule has 0 unspecified atom stereocenters. The number of alkyl halides is 2. The molecule has 0 N–H and O–H groups in total. The second-order valence-corrected chi connectivity index (χ2v) is 10.9. The lowest BCUT2D eigenvalue weighted by Gasteiger charge is -2.31. The number of fused-ring (bicyclic) bond motifs is 1. The number of esters is 1. The van der Waals surface area contributed by atoms with Crippen molar-refractivity contribution in [3.8, 4) is 10.6 Å². The molecule has 0 atom stereocenters. The minimum Gasteiger partial charge on any atom is -0.462 e. The number of halogens is 2. The van der Waals surface area contributed by atoms with Crippen molar-refractivity contribution < 1.29 is 27.9 Å². The third-order valence-corrected chi connectivity index (χ3v) is 8.33. The molecule has 7 nitrogen and oxygen atoms in total. The zero-order chi connectivity index (χ0) is 28.4. The fourth-order valence-corrected chi connectivity index (χ4v) is 6.12. The number of anilines is 1. The van der Waals surface area contributed by atoms with Gasteiger partial charge in [0, 0.05) is 68.6 Å². The zero-order valence-corrected chi connectivity index (χ0v) is 23.0. The fourth-order valence-electron chi connectivity index (χ4n) is 5.10. The average molecular weight is 566 g/mol. The Hall–Kier alpha value is -3.92. The number of likely N-dealkylation sites (tertiary alicyclic amines) is 1. The molecular formula is C30H29F2N3O4S. The van der Waals surface area contributed by atoms with E-state index in [-0.39, 0.29) is 24.2 Å². The largest absolute Gasteiger partial charge is 0.462 e. The van der Waals surface area contributed by atoms with Crippen molar-refractivity contribution in [1.29, 1.82) is 0 Å². The van der Waals surface area contributed by atoms with E-state index in [1.54, 1.807) is 25.1 Å². The van der Waals surface area contributed by atoms with Crippen LogP contribution in [0, 0.1) is 6.92 Å². The van der Waals surface area contributed by atoms with Crippen LogP contribution in [0.5, 0.6) is 0 Å². The number of aromatic nitrogens is 1. The topological polar surface area (TPSA) is 79.8 Å². The van der Waals surface area contributed by atoms with E-state index in [1.807, 2.05) is 30.3 Å². The predicted octanol–water partition coefficient (Wildman–Crippen LogP) is 5.74. The Balaban J connectivity index is 1.45. The maximum atomic E-state index is 15.6. The summed E-state index contributed by atoms with van der Waals surface area (Å²) in [6.45, 7) is 3.45. The highest BCUT2D eigenvalue weighted by molar-refractivity contribution is 7.17. The summed E-state index contributed by atoms with van der Waals surface area (Å²) in [4.78, 5) is 46.0. The van der Waals surface area contributed by atoms with Crippen molar-refractivity contribution in [1.82, 2.24) is 9.88 Å². The van der Waals surface area contributed by atoms with E-state index in [0.717, 1.165) is 11.6 Å². The lowest BCUT2D eigenvalue weighted by molar-refractivity contribution is -0.149. The van der Waals surface area contributed by atoms with Gasteiger partial charge in [0.05, 0.1) is 11.4 Å². The van der Waals surface area contributed by atoms with E-state index < -0.39 is 29.7 Å². The molecule has 5 rings (SSSR count). The van der Waals surface area contributed by atoms with Crippen LogP contribution in [-0.4, -0.2) is 59.3 Å². The second-order valence-electron chi connectivity index (χ2n) is 9.92. The van der Waals surface area contributed by atoms with Crippen LogP contribution in [0.4, 0.5) is 14.5 Å². The van der Waals surface area contributed by atoms with Gasteiger partial charge in [-0.3, -0.25) is 14.4 Å². The molecule has 0 radical (unpaired) electrons. The Morgan fingerprint density at radius 2 is 1.70 bits per heavy atom. The second kappa shape index (κ2) is 11.3. The number of allylic oxidation sites excluding steroid dienone is 1. The van der Waals surface area contributed by atoms with Crippen molar-refractivity contribution in [3.63, 3.8) is 0 Å². The van der Waals surface area contributed by atoms with Crippen LogP contribution in [0.25, 0.3) is 16.1 Å². The van der Waals surface area contributed by atoms with E-state index in [9.17, 15) is 14.4 Å². The molecular weight excluding hydrogens is 536 g/mol. The molecule has 0 saturated carbocycles. The molecule has 0 aliphatic carbocycles. The lowest BCUT2D eigenvalue weighted by Crippen LogP contribution is -2.41. The van der Waals surface area contributed by atoms with Gasteiger partial charge in [-0.1, -0.05) is 48.5 Å². The smallest absolute Gasteiger partial charge is 0.302 e. The van der Waals surface area contributed by atoms with Gasteiger partial charge >= 0.3 is 5.97 Å². The number of para-hydroxylation sites is 1. The number of benzene rings is 2. The SMILES string of the molecule is CC(=O)OC1CCN(C(=O)C=C2c3ccccc3N(C(=O)c3sc(-c4ccccc4)nc3C)CCC2(F)F)CC1. The van der Waals surface area contributed by atoms with Crippen LogP contribution in [0.15, 0.2) is 60.7 Å². The molecule has 40 heavy (non-hydrogen) atoms. The van der Waals surface area contributed by atoms with Crippen molar-refractivity contribution in [2.24, 2.45) is 0 Å². The minimum absolute atomic E-state index is 0.145. The first-order valence-electron chi connectivity index (χ1n) is 13.1. The van der Waals surface area contributed by atoms with Crippen molar-refractivity contribution >= 4 is 40.4 Å². The number of hydrogen-bond donors (Lipinski definition) is 0. The Morgan fingerprint density at radius 1 is 1.02 bits per heavy atom. The highest BCUT2D eigenvalue weighted by Crippen LogP contribution is 2.44. The third-order valence-electron chi connectivity index (χ3n) is 7.14. The van der Waals surface area contributed by atoms with Gasteiger partial charge in [-0.25, -0.2) is 13.8 Å². The van der Waals surface area contributed by atoms with Crippen molar-refractivity contribution in [3.05, 3.63) is 76.8 Å². The molecule has 10 heteroatoms. The van der Waals surface area contributed by atoms with Gasteiger partial charge in [0.2, 0.25) is 5.91 Å². The minimum atomic E-state index is -3.34. The maximum Gasteiger partial charge on any atom is 0.302 e. The van der Waals surface area contributed by atoms with Crippen molar-refractivity contribution in [2.45, 2.75) is 45.1 Å². The summed E-state index contributed by atoms with van der Waals surface area (Å²) in [6.07, 6.45) is 0.979. The van der Waals surface area contributed by atoms with E-state index in [1.165, 1.54) is 34.1 Å². The number of nitrogens with zero attached hydrogens (tertiary/aromatic N) is 3. The number of ether oxygens (including phenoxy) is 1. The number of aryl methyl sites for hydroxylation is 1. The molecule has 3 heterocycles. The van der Waals surface area contributed by atoms with Crippen LogP contribution in [-0.2, 0) is 14.3 Å². The Labute approximate surface area is 235 Å². The highest BCUT2D eigenvalue weighted by atomic mass is 32.1. The van der Waals surface area contributed by atoms with Gasteiger partial charge in [-0.05, 0) is 13.0 Å². The van der Waals surface area contributed by atoms with Gasteiger partial charge in [0.15, 0.2) is 0 Å². The van der Waals surface area contributed by atoms with Gasteiger partial charge < -0.3 is 14.5 Å². The molecule has 2 aromatic carbocycles. The molecule has 2 aliphatic rings. The monoisotopic (exact) mass is 565 g/mol. The summed E-state index contributed by atoms with van der Waals surface area (Å²) in [6, 6.07) is 15.9. The van der Waals surface area contributed by atoms with Crippen LogP contribution in [0.2, 0.25) is 0 Å². The third kappa shape index (κ3) is 5.67. The molecule has 0 bridgehead atoms. The quantitative estimate of drug-likeness (QED) is 0.298. The van der Waals surface area contributed by atoms with Gasteiger partial charge in [0.1, 0.15) is 16.0 Å². The number of rotatable bonds is 4. The first-order valence-corrected chi connectivity index (χ1v) is 14.0. The maximum absolute atomic E-state index is 15.6. The van der Waals surface area contributed by atoms with Crippen LogP contribution < -0.4 is 4.90 Å².